The molecular formula is C13H19FN2. The van der Waals surface area contributed by atoms with Gasteiger partial charge in [0.05, 0.1) is 0 Å². The molecule has 1 fully saturated rings. The molecule has 0 atom stereocenters. The third kappa shape index (κ3) is 2.19. The zero-order chi connectivity index (χ0) is 11.5. The lowest BCUT2D eigenvalue weighted by atomic mass is 10.1. The van der Waals surface area contributed by atoms with Crippen molar-refractivity contribution in [1.29, 1.82) is 0 Å². The molecule has 0 saturated heterocycles. The Morgan fingerprint density at radius 3 is 2.69 bits per heavy atom. The molecule has 88 valence electrons. The smallest absolute Gasteiger partial charge is 0.123 e. The molecule has 0 amide bonds. The van der Waals surface area contributed by atoms with Crippen molar-refractivity contribution in [2.75, 3.05) is 11.9 Å². The van der Waals surface area contributed by atoms with Crippen molar-refractivity contribution < 1.29 is 4.39 Å². The van der Waals surface area contributed by atoms with Gasteiger partial charge in [-0.15, -0.1) is 0 Å². The maximum absolute atomic E-state index is 13.1. The van der Waals surface area contributed by atoms with E-state index in [0.717, 1.165) is 11.3 Å². The lowest BCUT2D eigenvalue weighted by molar-refractivity contribution is 0.620. The summed E-state index contributed by atoms with van der Waals surface area (Å²) in [5.74, 6) is -0.205. The third-order valence-electron chi connectivity index (χ3n) is 3.51. The lowest BCUT2D eigenvalue weighted by Gasteiger charge is -2.28. The molecule has 1 saturated carbocycles. The van der Waals surface area contributed by atoms with Gasteiger partial charge in [-0.1, -0.05) is 12.8 Å². The van der Waals surface area contributed by atoms with Crippen molar-refractivity contribution in [1.82, 2.24) is 0 Å². The molecule has 1 aromatic rings. The van der Waals surface area contributed by atoms with Gasteiger partial charge in [-0.3, -0.25) is 0 Å². The topological polar surface area (TPSA) is 29.3 Å². The summed E-state index contributed by atoms with van der Waals surface area (Å²) >= 11 is 0. The molecule has 3 heteroatoms. The zero-order valence-corrected chi connectivity index (χ0v) is 9.75. The Kier molecular flexibility index (Phi) is 3.44. The van der Waals surface area contributed by atoms with E-state index in [4.69, 9.17) is 5.73 Å². The van der Waals surface area contributed by atoms with Gasteiger partial charge in [0.15, 0.2) is 0 Å². The summed E-state index contributed by atoms with van der Waals surface area (Å²) < 4.78 is 13.1. The van der Waals surface area contributed by atoms with E-state index >= 15 is 0 Å². The summed E-state index contributed by atoms with van der Waals surface area (Å²) in [6.07, 6.45) is 5.07. The van der Waals surface area contributed by atoms with Crippen LogP contribution in [0.2, 0.25) is 0 Å². The van der Waals surface area contributed by atoms with Crippen LogP contribution in [0.15, 0.2) is 18.2 Å². The molecular weight excluding hydrogens is 203 g/mol. The van der Waals surface area contributed by atoms with Crippen LogP contribution in [0.1, 0.15) is 31.2 Å². The minimum Gasteiger partial charge on any atom is -0.371 e. The fourth-order valence-electron chi connectivity index (χ4n) is 2.55. The highest BCUT2D eigenvalue weighted by Gasteiger charge is 2.21. The molecule has 16 heavy (non-hydrogen) atoms. The van der Waals surface area contributed by atoms with Gasteiger partial charge < -0.3 is 10.6 Å². The molecule has 2 N–H and O–H groups in total. The first-order valence-electron chi connectivity index (χ1n) is 5.93. The number of hydrogen-bond donors (Lipinski definition) is 1. The summed E-state index contributed by atoms with van der Waals surface area (Å²) in [6.45, 7) is 0.393. The second-order valence-electron chi connectivity index (χ2n) is 4.53. The van der Waals surface area contributed by atoms with E-state index in [9.17, 15) is 4.39 Å². The maximum Gasteiger partial charge on any atom is 0.123 e. The second-order valence-corrected chi connectivity index (χ2v) is 4.53. The SMILES string of the molecule is CN(c1ccc(F)cc1CN)C1CCCC1. The van der Waals surface area contributed by atoms with E-state index in [2.05, 4.69) is 11.9 Å². The summed E-state index contributed by atoms with van der Waals surface area (Å²) in [5, 5.41) is 0. The molecule has 0 aliphatic heterocycles. The first-order valence-corrected chi connectivity index (χ1v) is 5.93. The standard InChI is InChI=1S/C13H19FN2/c1-16(12-4-2-3-5-12)13-7-6-11(14)8-10(13)9-15/h6-8,12H,2-5,9,15H2,1H3. The van der Waals surface area contributed by atoms with E-state index in [0.29, 0.717) is 12.6 Å². The highest BCUT2D eigenvalue weighted by Crippen LogP contribution is 2.29. The Balaban J connectivity index is 2.24. The van der Waals surface area contributed by atoms with Gasteiger partial charge in [0.25, 0.3) is 0 Å². The largest absolute Gasteiger partial charge is 0.371 e. The van der Waals surface area contributed by atoms with Crippen molar-refractivity contribution >= 4 is 5.69 Å². The van der Waals surface area contributed by atoms with E-state index in [-0.39, 0.29) is 5.82 Å². The fourth-order valence-corrected chi connectivity index (χ4v) is 2.55. The summed E-state index contributed by atoms with van der Waals surface area (Å²) in [5.41, 5.74) is 7.64. The Bertz CT molecular complexity index is 359. The van der Waals surface area contributed by atoms with Gasteiger partial charge >= 0.3 is 0 Å². The van der Waals surface area contributed by atoms with Crippen molar-refractivity contribution in [3.05, 3.63) is 29.6 Å². The average molecular weight is 222 g/mol. The molecule has 0 spiro atoms. The van der Waals surface area contributed by atoms with Gasteiger partial charge in [0, 0.05) is 25.3 Å². The Morgan fingerprint density at radius 2 is 2.06 bits per heavy atom. The molecule has 0 aromatic heterocycles. The van der Waals surface area contributed by atoms with Crippen molar-refractivity contribution in [2.24, 2.45) is 5.73 Å². The number of nitrogens with zero attached hydrogens (tertiary/aromatic N) is 1. The number of benzene rings is 1. The first-order chi connectivity index (χ1) is 7.72. The van der Waals surface area contributed by atoms with Crippen LogP contribution in [0.5, 0.6) is 0 Å². The Morgan fingerprint density at radius 1 is 1.38 bits per heavy atom. The average Bonchev–Trinajstić information content (AvgIpc) is 2.81. The summed E-state index contributed by atoms with van der Waals surface area (Å²) in [6, 6.07) is 5.49. The summed E-state index contributed by atoms with van der Waals surface area (Å²) in [4.78, 5) is 2.26. The Hall–Kier alpha value is -1.09. The van der Waals surface area contributed by atoms with Crippen LogP contribution in [-0.2, 0) is 6.54 Å². The molecule has 1 aliphatic rings. The molecule has 0 unspecified atom stereocenters. The molecule has 1 aliphatic carbocycles. The van der Waals surface area contributed by atoms with Gasteiger partial charge in [0.2, 0.25) is 0 Å². The number of hydrogen-bond acceptors (Lipinski definition) is 2. The highest BCUT2D eigenvalue weighted by molar-refractivity contribution is 5.54. The number of halogens is 1. The fraction of sp³-hybridized carbons (Fsp3) is 0.538. The minimum atomic E-state index is -0.205. The summed E-state index contributed by atoms with van der Waals surface area (Å²) in [7, 11) is 2.09. The van der Waals surface area contributed by atoms with Crippen molar-refractivity contribution in [3.8, 4) is 0 Å². The van der Waals surface area contributed by atoms with Crippen LogP contribution in [0.25, 0.3) is 0 Å². The second kappa shape index (κ2) is 4.83. The molecule has 2 rings (SSSR count). The quantitative estimate of drug-likeness (QED) is 0.852. The molecule has 0 radical (unpaired) electrons. The zero-order valence-electron chi connectivity index (χ0n) is 9.75. The van der Waals surface area contributed by atoms with Crippen LogP contribution in [0.4, 0.5) is 10.1 Å². The van der Waals surface area contributed by atoms with Crippen LogP contribution in [0.3, 0.4) is 0 Å². The van der Waals surface area contributed by atoms with Gasteiger partial charge in [-0.2, -0.15) is 0 Å². The first kappa shape index (κ1) is 11.4. The molecule has 0 bridgehead atoms. The minimum absolute atomic E-state index is 0.205. The van der Waals surface area contributed by atoms with Crippen molar-refractivity contribution in [3.63, 3.8) is 0 Å². The van der Waals surface area contributed by atoms with E-state index in [1.807, 2.05) is 6.07 Å². The van der Waals surface area contributed by atoms with Crippen LogP contribution in [0, 0.1) is 5.82 Å². The number of rotatable bonds is 3. The molecule has 2 nitrogen and oxygen atoms in total. The third-order valence-corrected chi connectivity index (χ3v) is 3.51. The van der Waals surface area contributed by atoms with Crippen LogP contribution < -0.4 is 10.6 Å². The van der Waals surface area contributed by atoms with Gasteiger partial charge in [-0.05, 0) is 36.6 Å². The number of anilines is 1. The Labute approximate surface area is 96.2 Å². The predicted molar refractivity (Wildman–Crippen MR) is 65.0 cm³/mol. The number of nitrogens with two attached hydrogens (primary N) is 1. The van der Waals surface area contributed by atoms with E-state index in [1.165, 1.54) is 31.7 Å². The normalized spacial score (nSPS) is 16.7. The van der Waals surface area contributed by atoms with Crippen LogP contribution >= 0.6 is 0 Å². The predicted octanol–water partition coefficient (Wildman–Crippen LogP) is 2.66. The molecule has 0 heterocycles. The van der Waals surface area contributed by atoms with Gasteiger partial charge in [-0.25, -0.2) is 4.39 Å². The lowest BCUT2D eigenvalue weighted by Crippen LogP contribution is -2.30. The van der Waals surface area contributed by atoms with E-state index in [1.54, 1.807) is 6.07 Å². The van der Waals surface area contributed by atoms with E-state index < -0.39 is 0 Å². The maximum atomic E-state index is 13.1. The highest BCUT2D eigenvalue weighted by atomic mass is 19.1. The van der Waals surface area contributed by atoms with Crippen LogP contribution in [-0.4, -0.2) is 13.1 Å². The molecule has 1 aromatic carbocycles. The van der Waals surface area contributed by atoms with Crippen molar-refractivity contribution in [2.45, 2.75) is 38.3 Å². The van der Waals surface area contributed by atoms with Gasteiger partial charge in [0.1, 0.15) is 5.82 Å². The monoisotopic (exact) mass is 222 g/mol.